The molecule has 0 spiro atoms. The topological polar surface area (TPSA) is 52.6 Å². The molecule has 0 heterocycles. The fraction of sp³-hybridized carbons (Fsp3) is 0.263. The number of carbonyl (C=O) groups is 2. The summed E-state index contributed by atoms with van der Waals surface area (Å²) in [6, 6.07) is 12.9. The highest BCUT2D eigenvalue weighted by molar-refractivity contribution is 6.11. The lowest BCUT2D eigenvalue weighted by Gasteiger charge is -2.12. The highest BCUT2D eigenvalue weighted by atomic mass is 16.5. The smallest absolute Gasteiger partial charge is 0.161 e. The predicted octanol–water partition coefficient (Wildman–Crippen LogP) is 2.72. The van der Waals surface area contributed by atoms with Crippen molar-refractivity contribution in [2.75, 3.05) is 14.2 Å². The van der Waals surface area contributed by atoms with Crippen LogP contribution in [0.3, 0.4) is 0 Å². The summed E-state index contributed by atoms with van der Waals surface area (Å²) < 4.78 is 10.5. The van der Waals surface area contributed by atoms with Crippen molar-refractivity contribution in [3.05, 3.63) is 59.2 Å². The minimum absolute atomic E-state index is 0.0170. The molecule has 0 aromatic heterocycles. The van der Waals surface area contributed by atoms with E-state index in [0.29, 0.717) is 17.9 Å². The van der Waals surface area contributed by atoms with Crippen LogP contribution in [0.1, 0.15) is 22.6 Å². The van der Waals surface area contributed by atoms with Crippen LogP contribution in [0, 0.1) is 0 Å². The zero-order valence-electron chi connectivity index (χ0n) is 13.2. The molecule has 2 aromatic carbocycles. The third-order valence-electron chi connectivity index (χ3n) is 4.20. The minimum atomic E-state index is -0.640. The van der Waals surface area contributed by atoms with Gasteiger partial charge in [-0.1, -0.05) is 30.3 Å². The first-order valence-corrected chi connectivity index (χ1v) is 7.48. The molecule has 0 saturated carbocycles. The van der Waals surface area contributed by atoms with Gasteiger partial charge >= 0.3 is 0 Å². The number of hydrogen-bond donors (Lipinski definition) is 0. The number of hydrogen-bond acceptors (Lipinski definition) is 4. The lowest BCUT2D eigenvalue weighted by Crippen LogP contribution is -2.19. The van der Waals surface area contributed by atoms with Crippen LogP contribution in [-0.4, -0.2) is 25.8 Å². The average molecular weight is 310 g/mol. The van der Waals surface area contributed by atoms with E-state index in [-0.39, 0.29) is 18.0 Å². The molecule has 23 heavy (non-hydrogen) atoms. The van der Waals surface area contributed by atoms with E-state index >= 15 is 0 Å². The Hall–Kier alpha value is -2.62. The van der Waals surface area contributed by atoms with Gasteiger partial charge in [0, 0.05) is 12.8 Å². The third-order valence-corrected chi connectivity index (χ3v) is 4.20. The van der Waals surface area contributed by atoms with Crippen LogP contribution in [0.15, 0.2) is 42.5 Å². The maximum Gasteiger partial charge on any atom is 0.161 e. The summed E-state index contributed by atoms with van der Waals surface area (Å²) in [5, 5.41) is 0. The first-order chi connectivity index (χ1) is 11.1. The van der Waals surface area contributed by atoms with E-state index < -0.39 is 5.92 Å². The monoisotopic (exact) mass is 310 g/mol. The molecule has 1 aliphatic rings. The summed E-state index contributed by atoms with van der Waals surface area (Å²) in [4.78, 5) is 24.9. The number of rotatable bonds is 5. The van der Waals surface area contributed by atoms with Gasteiger partial charge in [0.1, 0.15) is 5.92 Å². The third kappa shape index (κ3) is 2.84. The van der Waals surface area contributed by atoms with Crippen molar-refractivity contribution < 1.29 is 19.1 Å². The molecule has 3 rings (SSSR count). The molecule has 0 radical (unpaired) electrons. The first kappa shape index (κ1) is 15.3. The Bertz CT molecular complexity index is 764. The number of carbonyl (C=O) groups excluding carboxylic acids is 2. The Morgan fingerprint density at radius 2 is 1.83 bits per heavy atom. The molecule has 4 nitrogen and oxygen atoms in total. The molecular formula is C19H18O4. The summed E-state index contributed by atoms with van der Waals surface area (Å²) in [6.45, 7) is 0. The van der Waals surface area contributed by atoms with Crippen LogP contribution in [0.25, 0.3) is 0 Å². The summed E-state index contributed by atoms with van der Waals surface area (Å²) in [7, 11) is 3.12. The van der Waals surface area contributed by atoms with E-state index in [1.165, 1.54) is 0 Å². The molecule has 1 atom stereocenters. The second-order valence-electron chi connectivity index (χ2n) is 5.61. The minimum Gasteiger partial charge on any atom is -0.493 e. The van der Waals surface area contributed by atoms with Crippen molar-refractivity contribution in [3.8, 4) is 11.5 Å². The summed E-state index contributed by atoms with van der Waals surface area (Å²) >= 11 is 0. The molecule has 0 N–H and O–H groups in total. The van der Waals surface area contributed by atoms with E-state index in [2.05, 4.69) is 0 Å². The van der Waals surface area contributed by atoms with Gasteiger partial charge in [-0.05, 0) is 28.8 Å². The van der Waals surface area contributed by atoms with Crippen molar-refractivity contribution in [2.45, 2.75) is 18.8 Å². The number of ether oxygens (including phenoxy) is 2. The molecule has 1 unspecified atom stereocenters. The van der Waals surface area contributed by atoms with Crippen LogP contribution in [-0.2, 0) is 22.4 Å². The van der Waals surface area contributed by atoms with Crippen molar-refractivity contribution in [1.29, 1.82) is 0 Å². The Kier molecular flexibility index (Phi) is 4.15. The number of ketones is 2. The van der Waals surface area contributed by atoms with Gasteiger partial charge in [-0.3, -0.25) is 9.59 Å². The second kappa shape index (κ2) is 6.24. The maximum absolute atomic E-state index is 12.6. The van der Waals surface area contributed by atoms with Crippen molar-refractivity contribution in [2.24, 2.45) is 0 Å². The van der Waals surface area contributed by atoms with Gasteiger partial charge in [0.05, 0.1) is 14.2 Å². The summed E-state index contributed by atoms with van der Waals surface area (Å²) in [5.41, 5.74) is 2.62. The van der Waals surface area contributed by atoms with E-state index in [1.807, 2.05) is 30.3 Å². The predicted molar refractivity (Wildman–Crippen MR) is 86.2 cm³/mol. The van der Waals surface area contributed by atoms with Crippen LogP contribution < -0.4 is 9.47 Å². The Morgan fingerprint density at radius 3 is 2.57 bits per heavy atom. The van der Waals surface area contributed by atoms with Crippen molar-refractivity contribution in [3.63, 3.8) is 0 Å². The maximum atomic E-state index is 12.6. The largest absolute Gasteiger partial charge is 0.493 e. The van der Waals surface area contributed by atoms with Crippen LogP contribution in [0.2, 0.25) is 0 Å². The van der Waals surface area contributed by atoms with Crippen molar-refractivity contribution in [1.82, 2.24) is 0 Å². The molecule has 118 valence electrons. The van der Waals surface area contributed by atoms with Crippen LogP contribution in [0.4, 0.5) is 0 Å². The van der Waals surface area contributed by atoms with Crippen molar-refractivity contribution >= 4 is 11.6 Å². The quantitative estimate of drug-likeness (QED) is 0.797. The molecular weight excluding hydrogens is 292 g/mol. The van der Waals surface area contributed by atoms with Gasteiger partial charge in [-0.2, -0.15) is 0 Å². The molecule has 0 bridgehead atoms. The van der Waals surface area contributed by atoms with E-state index in [9.17, 15) is 9.59 Å². The fourth-order valence-electron chi connectivity index (χ4n) is 3.09. The fourth-order valence-corrected chi connectivity index (χ4v) is 3.09. The lowest BCUT2D eigenvalue weighted by atomic mass is 9.92. The molecule has 1 aliphatic carbocycles. The van der Waals surface area contributed by atoms with Gasteiger partial charge in [0.2, 0.25) is 0 Å². The normalized spacial score (nSPS) is 16.1. The number of fused-ring (bicyclic) bond motifs is 1. The van der Waals surface area contributed by atoms with Gasteiger partial charge in [0.25, 0.3) is 0 Å². The standard InChI is InChI=1S/C19H18O4/c1-22-17-8-7-12(10-18(17)23-2)9-15(20)19-14-6-4-3-5-13(14)11-16(19)21/h3-8,10,19H,9,11H2,1-2H3. The SMILES string of the molecule is COc1ccc(CC(=O)C2C(=O)Cc3ccccc32)cc1OC. The van der Waals surface area contributed by atoms with Gasteiger partial charge in [-0.25, -0.2) is 0 Å². The number of Topliss-reactive ketones (excluding diaryl/α,β-unsaturated/α-hetero) is 2. The zero-order valence-corrected chi connectivity index (χ0v) is 13.2. The average Bonchev–Trinajstić information content (AvgIpc) is 2.90. The molecule has 0 saturated heterocycles. The summed E-state index contributed by atoms with van der Waals surface area (Å²) in [6.07, 6.45) is 0.545. The van der Waals surface area contributed by atoms with Gasteiger partial charge in [0.15, 0.2) is 23.1 Å². The molecule has 0 amide bonds. The van der Waals surface area contributed by atoms with E-state index in [0.717, 1.165) is 16.7 Å². The lowest BCUT2D eigenvalue weighted by molar-refractivity contribution is -0.127. The molecule has 2 aromatic rings. The Labute approximate surface area is 135 Å². The zero-order chi connectivity index (χ0) is 16.4. The van der Waals surface area contributed by atoms with Gasteiger partial charge < -0.3 is 9.47 Å². The second-order valence-corrected chi connectivity index (χ2v) is 5.61. The van der Waals surface area contributed by atoms with E-state index in [4.69, 9.17) is 9.47 Å². The van der Waals surface area contributed by atoms with Crippen LogP contribution in [0.5, 0.6) is 11.5 Å². The number of benzene rings is 2. The van der Waals surface area contributed by atoms with Crippen LogP contribution >= 0.6 is 0 Å². The summed E-state index contributed by atoms with van der Waals surface area (Å²) in [5.74, 6) is 0.463. The first-order valence-electron chi connectivity index (χ1n) is 7.48. The Balaban J connectivity index is 1.84. The molecule has 4 heteroatoms. The highest BCUT2D eigenvalue weighted by Gasteiger charge is 2.35. The number of methoxy groups -OCH3 is 2. The van der Waals surface area contributed by atoms with E-state index in [1.54, 1.807) is 26.4 Å². The Morgan fingerprint density at radius 1 is 1.09 bits per heavy atom. The van der Waals surface area contributed by atoms with Gasteiger partial charge in [-0.15, -0.1) is 0 Å². The highest BCUT2D eigenvalue weighted by Crippen LogP contribution is 2.33. The molecule has 0 aliphatic heterocycles. The molecule has 0 fully saturated rings.